The third-order valence-corrected chi connectivity index (χ3v) is 5.72. The van der Waals surface area contributed by atoms with Gasteiger partial charge in [-0.25, -0.2) is 13.1 Å². The molecule has 2 N–H and O–H groups in total. The Hall–Kier alpha value is -1.45. The van der Waals surface area contributed by atoms with Gasteiger partial charge >= 0.3 is 5.97 Å². The topological polar surface area (TPSA) is 113 Å². The lowest BCUT2D eigenvalue weighted by molar-refractivity contribution is -0.139. The number of sulfonamides is 1. The third kappa shape index (κ3) is 5.52. The van der Waals surface area contributed by atoms with Crippen molar-refractivity contribution in [3.05, 3.63) is 17.5 Å². The molecule has 9 heteroatoms. The van der Waals surface area contributed by atoms with Crippen molar-refractivity contribution in [2.45, 2.75) is 63.8 Å². The van der Waals surface area contributed by atoms with Gasteiger partial charge in [0.1, 0.15) is 17.2 Å². The lowest BCUT2D eigenvalue weighted by Crippen LogP contribution is -2.54. The van der Waals surface area contributed by atoms with Crippen LogP contribution >= 0.6 is 0 Å². The number of rotatable bonds is 8. The first kappa shape index (κ1) is 19.9. The molecule has 142 valence electrons. The molecule has 0 amide bonds. The first-order valence-electron chi connectivity index (χ1n) is 8.42. The summed E-state index contributed by atoms with van der Waals surface area (Å²) in [4.78, 5) is 12.7. The van der Waals surface area contributed by atoms with Crippen molar-refractivity contribution in [1.82, 2.24) is 14.8 Å². The van der Waals surface area contributed by atoms with Crippen molar-refractivity contribution in [3.8, 4) is 0 Å². The fourth-order valence-electron chi connectivity index (χ4n) is 2.88. The standard InChI is InChI=1S/C16H27N3O5S/c1-5-19(9-15(20)21)13-6-11(7-13)18-25(22,23)10-12-8-14(24-17-12)16(2,3)4/h8,11,13,18H,5-7,9-10H2,1-4H3,(H,20,21). The highest BCUT2D eigenvalue weighted by molar-refractivity contribution is 7.88. The highest BCUT2D eigenvalue weighted by Gasteiger charge is 2.36. The zero-order chi connectivity index (χ0) is 18.8. The third-order valence-electron chi connectivity index (χ3n) is 4.36. The van der Waals surface area contributed by atoms with Crippen LogP contribution in [0.5, 0.6) is 0 Å². The van der Waals surface area contributed by atoms with Crippen molar-refractivity contribution < 1.29 is 22.8 Å². The van der Waals surface area contributed by atoms with Crippen LogP contribution in [0, 0.1) is 0 Å². The zero-order valence-electron chi connectivity index (χ0n) is 15.2. The molecule has 0 bridgehead atoms. The molecule has 2 rings (SSSR count). The molecule has 0 unspecified atom stereocenters. The number of carboxylic acid groups (broad SMARTS) is 1. The Balaban J connectivity index is 1.87. The Morgan fingerprint density at radius 2 is 2.08 bits per heavy atom. The molecule has 1 aliphatic carbocycles. The molecule has 1 aliphatic rings. The Morgan fingerprint density at radius 1 is 1.44 bits per heavy atom. The number of aliphatic carboxylic acids is 1. The largest absolute Gasteiger partial charge is 0.480 e. The smallest absolute Gasteiger partial charge is 0.317 e. The van der Waals surface area contributed by atoms with E-state index in [9.17, 15) is 13.2 Å². The van der Waals surface area contributed by atoms with Crippen LogP contribution in [0.15, 0.2) is 10.6 Å². The minimum absolute atomic E-state index is 0.0187. The molecule has 1 heterocycles. The van der Waals surface area contributed by atoms with Crippen LogP contribution in [0.2, 0.25) is 0 Å². The number of likely N-dealkylation sites (N-methyl/N-ethyl adjacent to an activating group) is 1. The van der Waals surface area contributed by atoms with Crippen LogP contribution in [-0.4, -0.2) is 54.7 Å². The Bertz CT molecular complexity index is 702. The van der Waals surface area contributed by atoms with E-state index in [1.807, 2.05) is 32.6 Å². The molecule has 1 fully saturated rings. The summed E-state index contributed by atoms with van der Waals surface area (Å²) < 4.78 is 32.5. The molecule has 0 aliphatic heterocycles. The summed E-state index contributed by atoms with van der Waals surface area (Å²) in [6.45, 7) is 8.41. The molecule has 8 nitrogen and oxygen atoms in total. The minimum Gasteiger partial charge on any atom is -0.480 e. The normalized spacial score (nSPS) is 21.3. The van der Waals surface area contributed by atoms with Crippen LogP contribution in [0.25, 0.3) is 0 Å². The summed E-state index contributed by atoms with van der Waals surface area (Å²) in [5.41, 5.74) is 0.159. The van der Waals surface area contributed by atoms with Crippen LogP contribution in [0.1, 0.15) is 52.0 Å². The van der Waals surface area contributed by atoms with Crippen molar-refractivity contribution in [2.24, 2.45) is 0 Å². The molecule has 1 saturated carbocycles. The van der Waals surface area contributed by atoms with Gasteiger partial charge in [-0.2, -0.15) is 0 Å². The Labute approximate surface area is 148 Å². The van der Waals surface area contributed by atoms with Crippen LogP contribution < -0.4 is 4.72 Å². The van der Waals surface area contributed by atoms with E-state index in [-0.39, 0.29) is 29.8 Å². The highest BCUT2D eigenvalue weighted by Crippen LogP contribution is 2.27. The summed E-state index contributed by atoms with van der Waals surface area (Å²) in [6, 6.07) is 1.62. The first-order valence-corrected chi connectivity index (χ1v) is 10.1. The van der Waals surface area contributed by atoms with Crippen LogP contribution in [0.4, 0.5) is 0 Å². The SMILES string of the molecule is CCN(CC(=O)O)C1CC(NS(=O)(=O)Cc2cc(C(C)(C)C)on2)C1. The molecule has 1 aromatic rings. The lowest BCUT2D eigenvalue weighted by atomic mass is 9.86. The van der Waals surface area contributed by atoms with Gasteiger partial charge in [0, 0.05) is 23.6 Å². The fraction of sp³-hybridized carbons (Fsp3) is 0.750. The van der Waals surface area contributed by atoms with Gasteiger partial charge < -0.3 is 9.63 Å². The van der Waals surface area contributed by atoms with Gasteiger partial charge in [-0.3, -0.25) is 9.69 Å². The van der Waals surface area contributed by atoms with Crippen molar-refractivity contribution >= 4 is 16.0 Å². The quantitative estimate of drug-likeness (QED) is 0.707. The predicted octanol–water partition coefficient (Wildman–Crippen LogP) is 1.33. The van der Waals surface area contributed by atoms with Gasteiger partial charge in [0.15, 0.2) is 0 Å². The number of hydrogen-bond donors (Lipinski definition) is 2. The number of hydrogen-bond acceptors (Lipinski definition) is 6. The number of nitrogens with one attached hydrogen (secondary N) is 1. The molecule has 0 spiro atoms. The number of carboxylic acids is 1. The second-order valence-corrected chi connectivity index (χ2v) is 9.34. The van der Waals surface area contributed by atoms with E-state index < -0.39 is 16.0 Å². The summed E-state index contributed by atoms with van der Waals surface area (Å²) >= 11 is 0. The average molecular weight is 373 g/mol. The summed E-state index contributed by atoms with van der Waals surface area (Å²) in [7, 11) is -3.51. The van der Waals surface area contributed by atoms with Crippen molar-refractivity contribution in [3.63, 3.8) is 0 Å². The van der Waals surface area contributed by atoms with Gasteiger partial charge in [-0.05, 0) is 19.4 Å². The van der Waals surface area contributed by atoms with Crippen LogP contribution in [0.3, 0.4) is 0 Å². The zero-order valence-corrected chi connectivity index (χ0v) is 16.0. The maximum Gasteiger partial charge on any atom is 0.317 e. The summed E-state index contributed by atoms with van der Waals surface area (Å²) in [5, 5.41) is 12.7. The number of carbonyl (C=O) groups is 1. The highest BCUT2D eigenvalue weighted by atomic mass is 32.2. The van der Waals surface area contributed by atoms with Crippen molar-refractivity contribution in [1.29, 1.82) is 0 Å². The van der Waals surface area contributed by atoms with Crippen molar-refractivity contribution in [2.75, 3.05) is 13.1 Å². The molecule has 0 aromatic carbocycles. The van der Waals surface area contributed by atoms with Gasteiger partial charge in [0.25, 0.3) is 0 Å². The van der Waals surface area contributed by atoms with E-state index in [2.05, 4.69) is 9.88 Å². The van der Waals surface area contributed by atoms with E-state index in [1.54, 1.807) is 6.07 Å². The van der Waals surface area contributed by atoms with Gasteiger partial charge in [0.05, 0.1) is 6.54 Å². The number of nitrogens with zero attached hydrogens (tertiary/aromatic N) is 2. The van der Waals surface area contributed by atoms with E-state index >= 15 is 0 Å². The second-order valence-electron chi connectivity index (χ2n) is 7.59. The van der Waals surface area contributed by atoms with E-state index in [0.717, 1.165) is 0 Å². The fourth-order valence-corrected chi connectivity index (χ4v) is 4.19. The predicted molar refractivity (Wildman–Crippen MR) is 92.7 cm³/mol. The lowest BCUT2D eigenvalue weighted by Gasteiger charge is -2.42. The molecular formula is C16H27N3O5S. The first-order chi connectivity index (χ1) is 11.5. The minimum atomic E-state index is -3.51. The van der Waals surface area contributed by atoms with Gasteiger partial charge in [-0.15, -0.1) is 0 Å². The van der Waals surface area contributed by atoms with Gasteiger partial charge in [-0.1, -0.05) is 32.9 Å². The summed E-state index contributed by atoms with van der Waals surface area (Å²) in [5.74, 6) is -0.444. The van der Waals surface area contributed by atoms with Crippen LogP contribution in [-0.2, 0) is 26.0 Å². The maximum atomic E-state index is 12.3. The molecule has 0 saturated heterocycles. The monoisotopic (exact) mass is 373 g/mol. The number of aromatic nitrogens is 1. The Morgan fingerprint density at radius 3 is 2.56 bits per heavy atom. The molecule has 0 atom stereocenters. The van der Waals surface area contributed by atoms with E-state index in [0.29, 0.717) is 30.8 Å². The average Bonchev–Trinajstić information content (AvgIpc) is 2.87. The second kappa shape index (κ2) is 7.43. The molecule has 0 radical (unpaired) electrons. The molecular weight excluding hydrogens is 346 g/mol. The van der Waals surface area contributed by atoms with E-state index in [1.165, 1.54) is 0 Å². The maximum absolute atomic E-state index is 12.3. The Kier molecular flexibility index (Phi) is 5.90. The van der Waals surface area contributed by atoms with E-state index in [4.69, 9.17) is 9.63 Å². The molecule has 25 heavy (non-hydrogen) atoms. The molecule has 1 aromatic heterocycles. The summed E-state index contributed by atoms with van der Waals surface area (Å²) in [6.07, 6.45) is 1.23. The van der Waals surface area contributed by atoms with Gasteiger partial charge in [0.2, 0.25) is 10.0 Å².